The highest BCUT2D eigenvalue weighted by molar-refractivity contribution is 7.90. The molecule has 1 unspecified atom stereocenters. The number of carbonyl (C=O) groups is 1. The Kier molecular flexibility index (Phi) is 4.67. The maximum Gasteiger partial charge on any atom is 0.163 e. The summed E-state index contributed by atoms with van der Waals surface area (Å²) >= 11 is -1.50. The summed E-state index contributed by atoms with van der Waals surface area (Å²) in [6.45, 7) is 3.49. The molecule has 0 amide bonds. The lowest BCUT2D eigenvalue weighted by molar-refractivity contribution is -0.116. The zero-order chi connectivity index (χ0) is 15.6. The number of anilines is 1. The number of rotatable bonds is 5. The second-order valence-corrected chi connectivity index (χ2v) is 7.26. The highest BCUT2D eigenvalue weighted by Crippen LogP contribution is 2.27. The quantitative estimate of drug-likeness (QED) is 0.699. The van der Waals surface area contributed by atoms with Crippen molar-refractivity contribution in [3.63, 3.8) is 0 Å². The van der Waals surface area contributed by atoms with Crippen molar-refractivity contribution in [3.8, 4) is 0 Å². The van der Waals surface area contributed by atoms with E-state index >= 15 is 0 Å². The van der Waals surface area contributed by atoms with Crippen LogP contribution in [0.3, 0.4) is 0 Å². The van der Waals surface area contributed by atoms with Gasteiger partial charge in [-0.2, -0.15) is 5.14 Å². The molecule has 0 spiro atoms. The average Bonchev–Trinajstić information content (AvgIpc) is 2.44. The van der Waals surface area contributed by atoms with Crippen molar-refractivity contribution in [3.05, 3.63) is 29.6 Å². The highest BCUT2D eigenvalue weighted by atomic mass is 32.2. The van der Waals surface area contributed by atoms with Crippen LogP contribution in [0.4, 0.5) is 5.69 Å². The fourth-order valence-electron chi connectivity index (χ4n) is 2.00. The molecule has 0 fully saturated rings. The number of aliphatic hydroxyl groups excluding tert-OH is 1. The molecule has 0 radical (unpaired) electrons. The molecule has 2 rings (SSSR count). The van der Waals surface area contributed by atoms with E-state index in [1.165, 1.54) is 0 Å². The molecule has 2 heterocycles. The van der Waals surface area contributed by atoms with Crippen LogP contribution >= 0.6 is 0 Å². The molecule has 1 aromatic rings. The van der Waals surface area contributed by atoms with Crippen LogP contribution in [0, 0.1) is 0 Å². The molecule has 2 atom stereocenters. The van der Waals surface area contributed by atoms with E-state index in [9.17, 15) is 14.5 Å². The molecule has 0 aromatic carbocycles. The van der Waals surface area contributed by atoms with Crippen molar-refractivity contribution in [1.82, 2.24) is 4.98 Å². The molecule has 114 valence electrons. The Hall–Kier alpha value is -1.41. The Morgan fingerprint density at radius 1 is 1.62 bits per heavy atom. The Morgan fingerprint density at radius 2 is 2.33 bits per heavy atom. The van der Waals surface area contributed by atoms with Gasteiger partial charge in [0, 0.05) is 36.0 Å². The number of pyridine rings is 1. The number of ketones is 1. The summed E-state index contributed by atoms with van der Waals surface area (Å²) in [5.74, 6) is -0.204. The molecule has 1 aromatic heterocycles. The van der Waals surface area contributed by atoms with E-state index in [4.69, 9.17) is 5.14 Å². The van der Waals surface area contributed by atoms with E-state index in [2.05, 4.69) is 10.3 Å². The highest BCUT2D eigenvalue weighted by Gasteiger charge is 2.32. The Bertz CT molecular complexity index is 572. The lowest BCUT2D eigenvalue weighted by atomic mass is 9.97. The first-order chi connectivity index (χ1) is 9.81. The molecule has 1 aliphatic rings. The van der Waals surface area contributed by atoms with Gasteiger partial charge >= 0.3 is 0 Å². The summed E-state index contributed by atoms with van der Waals surface area (Å²) < 4.78 is 10.7. The third kappa shape index (κ3) is 3.62. The van der Waals surface area contributed by atoms with Crippen LogP contribution in [-0.4, -0.2) is 31.4 Å². The maximum atomic E-state index is 12.3. The van der Waals surface area contributed by atoms with Crippen molar-refractivity contribution >= 4 is 28.9 Å². The number of hydrogen-bond donors (Lipinski definition) is 3. The van der Waals surface area contributed by atoms with Gasteiger partial charge in [0.15, 0.2) is 12.0 Å². The predicted molar refractivity (Wildman–Crippen MR) is 82.5 cm³/mol. The second kappa shape index (κ2) is 6.15. The lowest BCUT2D eigenvalue weighted by Crippen LogP contribution is -2.38. The minimum absolute atomic E-state index is 0.169. The minimum atomic E-state index is -1.50. The standard InChI is InChI=1S/C14H19N3O3S/c1-14(2,21(15)20)6-5-12(18)9-8-11-10(17-13(9)19)4-3-7-16-11/h3-4,7-8,13,17,19H,5-6,15H2,1-2H3/t13?,21-/m0/s1. The van der Waals surface area contributed by atoms with Gasteiger partial charge in [-0.05, 0) is 32.1 Å². The lowest BCUT2D eigenvalue weighted by Gasteiger charge is -2.25. The number of fused-ring (bicyclic) bond motifs is 1. The van der Waals surface area contributed by atoms with E-state index in [1.54, 1.807) is 38.3 Å². The third-order valence-electron chi connectivity index (χ3n) is 3.54. The molecular weight excluding hydrogens is 290 g/mol. The van der Waals surface area contributed by atoms with Crippen molar-refractivity contribution in [2.75, 3.05) is 5.32 Å². The number of aliphatic hydroxyl groups is 1. The number of aromatic nitrogens is 1. The summed E-state index contributed by atoms with van der Waals surface area (Å²) in [6.07, 6.45) is 2.71. The first-order valence-corrected chi connectivity index (χ1v) is 7.83. The number of carbonyl (C=O) groups excluding carboxylic acids is 1. The zero-order valence-corrected chi connectivity index (χ0v) is 12.8. The van der Waals surface area contributed by atoms with Crippen LogP contribution < -0.4 is 10.5 Å². The minimum Gasteiger partial charge on any atom is -0.598 e. The molecule has 0 saturated heterocycles. The van der Waals surface area contributed by atoms with Gasteiger partial charge in [-0.1, -0.05) is 0 Å². The van der Waals surface area contributed by atoms with E-state index < -0.39 is 22.3 Å². The van der Waals surface area contributed by atoms with E-state index in [-0.39, 0.29) is 17.8 Å². The van der Waals surface area contributed by atoms with Gasteiger partial charge < -0.3 is 15.0 Å². The summed E-state index contributed by atoms with van der Waals surface area (Å²) in [5.41, 5.74) is 1.57. The summed E-state index contributed by atoms with van der Waals surface area (Å²) in [5, 5.41) is 18.2. The van der Waals surface area contributed by atoms with Gasteiger partial charge in [0.1, 0.15) is 4.75 Å². The molecule has 21 heavy (non-hydrogen) atoms. The van der Waals surface area contributed by atoms with E-state index in [0.29, 0.717) is 17.8 Å². The van der Waals surface area contributed by atoms with Gasteiger partial charge in [0.2, 0.25) is 0 Å². The number of nitrogens with zero attached hydrogens (tertiary/aromatic N) is 1. The number of hydrogen-bond acceptors (Lipinski definition) is 6. The topological polar surface area (TPSA) is 111 Å². The van der Waals surface area contributed by atoms with Crippen LogP contribution in [0.25, 0.3) is 6.08 Å². The molecule has 6 nitrogen and oxygen atoms in total. The molecular formula is C14H19N3O3S. The average molecular weight is 309 g/mol. The monoisotopic (exact) mass is 309 g/mol. The number of nitrogens with one attached hydrogen (secondary N) is 1. The van der Waals surface area contributed by atoms with Crippen LogP contribution in [0.2, 0.25) is 0 Å². The molecule has 0 aliphatic carbocycles. The van der Waals surface area contributed by atoms with Crippen molar-refractivity contribution in [1.29, 1.82) is 0 Å². The maximum absolute atomic E-state index is 12.3. The van der Waals surface area contributed by atoms with Gasteiger partial charge in [0.25, 0.3) is 0 Å². The normalized spacial score (nSPS) is 19.3. The summed E-state index contributed by atoms with van der Waals surface area (Å²) in [7, 11) is 0. The molecule has 7 heteroatoms. The molecule has 0 bridgehead atoms. The molecule has 1 aliphatic heterocycles. The number of nitrogens with two attached hydrogens (primary N) is 1. The SMILES string of the molecule is CC(C)(CCC(=O)C1=Cc2ncccc2NC1O)[S@@+](N)[O-]. The Labute approximate surface area is 126 Å². The third-order valence-corrected chi connectivity index (χ3v) is 4.83. The number of Topliss-reactive ketones (excluding diaryl/α,β-unsaturated/α-hetero) is 1. The smallest absolute Gasteiger partial charge is 0.163 e. The largest absolute Gasteiger partial charge is 0.598 e. The van der Waals surface area contributed by atoms with E-state index in [0.717, 1.165) is 0 Å². The first-order valence-electron chi connectivity index (χ1n) is 6.62. The molecule has 4 N–H and O–H groups in total. The van der Waals surface area contributed by atoms with Gasteiger partial charge in [-0.15, -0.1) is 0 Å². The van der Waals surface area contributed by atoms with Gasteiger partial charge in [0.05, 0.1) is 11.4 Å². The van der Waals surface area contributed by atoms with E-state index in [1.807, 2.05) is 0 Å². The van der Waals surface area contributed by atoms with Crippen molar-refractivity contribution in [2.45, 2.75) is 37.7 Å². The van der Waals surface area contributed by atoms with Crippen LogP contribution in [0.1, 0.15) is 32.4 Å². The van der Waals surface area contributed by atoms with Gasteiger partial charge in [-0.3, -0.25) is 9.78 Å². The Morgan fingerprint density at radius 3 is 3.00 bits per heavy atom. The van der Waals surface area contributed by atoms with Crippen LogP contribution in [0.5, 0.6) is 0 Å². The fraction of sp³-hybridized carbons (Fsp3) is 0.429. The second-order valence-electron chi connectivity index (χ2n) is 5.56. The Balaban J connectivity index is 2.11. The zero-order valence-electron chi connectivity index (χ0n) is 12.0. The predicted octanol–water partition coefficient (Wildman–Crippen LogP) is 0.959. The summed E-state index contributed by atoms with van der Waals surface area (Å²) in [4.78, 5) is 16.4. The first kappa shape index (κ1) is 16.0. The van der Waals surface area contributed by atoms with Crippen LogP contribution in [-0.2, 0) is 16.2 Å². The fourth-order valence-corrected chi connectivity index (χ4v) is 2.30. The molecule has 0 saturated carbocycles. The summed E-state index contributed by atoms with van der Waals surface area (Å²) in [6, 6.07) is 3.53. The van der Waals surface area contributed by atoms with Crippen molar-refractivity contribution in [2.24, 2.45) is 5.14 Å². The van der Waals surface area contributed by atoms with Crippen LogP contribution in [0.15, 0.2) is 23.9 Å². The van der Waals surface area contributed by atoms with Crippen molar-refractivity contribution < 1.29 is 14.5 Å². The van der Waals surface area contributed by atoms with Gasteiger partial charge in [-0.25, -0.2) is 0 Å².